The summed E-state index contributed by atoms with van der Waals surface area (Å²) in [5.74, 6) is 0.120. The van der Waals surface area contributed by atoms with Crippen LogP contribution in [0, 0.1) is 0 Å². The highest BCUT2D eigenvalue weighted by Gasteiger charge is 2.37. The maximum absolute atomic E-state index is 13.0. The largest absolute Gasteiger partial charge is 0.497 e. The van der Waals surface area contributed by atoms with E-state index in [1.807, 2.05) is 0 Å². The van der Waals surface area contributed by atoms with E-state index in [2.05, 4.69) is 10.1 Å². The molecule has 0 bridgehead atoms. The SMILES string of the molecule is COc1ccc([C@@H]2CCOC(=O)N2)c(C(F)(F)F)c1.Cl. The minimum absolute atomic E-state index is 0. The Morgan fingerprint density at radius 2 is 2.10 bits per heavy atom. The van der Waals surface area contributed by atoms with Crippen molar-refractivity contribution in [3.63, 3.8) is 0 Å². The molecule has 0 aromatic heterocycles. The molecule has 1 fully saturated rings. The fraction of sp³-hybridized carbons (Fsp3) is 0.417. The number of methoxy groups -OCH3 is 1. The molecule has 0 unspecified atom stereocenters. The zero-order valence-corrected chi connectivity index (χ0v) is 11.3. The van der Waals surface area contributed by atoms with Gasteiger partial charge in [-0.05, 0) is 17.7 Å². The molecule has 1 amide bonds. The number of cyclic esters (lactones) is 1. The Labute approximate surface area is 119 Å². The molecule has 1 aromatic rings. The lowest BCUT2D eigenvalue weighted by molar-refractivity contribution is -0.138. The van der Waals surface area contributed by atoms with Crippen LogP contribution in [0.1, 0.15) is 23.6 Å². The van der Waals surface area contributed by atoms with E-state index in [9.17, 15) is 18.0 Å². The Balaban J connectivity index is 0.00000200. The van der Waals surface area contributed by atoms with E-state index in [1.165, 1.54) is 19.2 Å². The molecule has 1 atom stereocenters. The number of halogens is 4. The van der Waals surface area contributed by atoms with Gasteiger partial charge in [-0.25, -0.2) is 4.79 Å². The first kappa shape index (κ1) is 16.4. The van der Waals surface area contributed by atoms with Crippen molar-refractivity contribution in [1.82, 2.24) is 5.32 Å². The smallest absolute Gasteiger partial charge is 0.416 e. The quantitative estimate of drug-likeness (QED) is 0.911. The molecule has 1 aliphatic rings. The molecule has 1 aliphatic heterocycles. The molecule has 20 heavy (non-hydrogen) atoms. The number of rotatable bonds is 2. The molecule has 0 spiro atoms. The molecule has 0 saturated carbocycles. The molecule has 8 heteroatoms. The highest BCUT2D eigenvalue weighted by Crippen LogP contribution is 2.38. The molecule has 2 rings (SSSR count). The average Bonchev–Trinajstić information content (AvgIpc) is 2.37. The van der Waals surface area contributed by atoms with Gasteiger partial charge < -0.3 is 14.8 Å². The first-order valence-corrected chi connectivity index (χ1v) is 5.60. The molecule has 112 valence electrons. The number of benzene rings is 1. The van der Waals surface area contributed by atoms with Crippen LogP contribution in [-0.2, 0) is 10.9 Å². The zero-order valence-electron chi connectivity index (χ0n) is 10.5. The number of hydrogen-bond acceptors (Lipinski definition) is 3. The third-order valence-corrected chi connectivity index (χ3v) is 2.87. The number of amides is 1. The third kappa shape index (κ3) is 3.47. The Kier molecular flexibility index (Phi) is 5.10. The maximum atomic E-state index is 13.0. The first-order valence-electron chi connectivity index (χ1n) is 5.60. The fourth-order valence-corrected chi connectivity index (χ4v) is 1.97. The van der Waals surface area contributed by atoms with Gasteiger partial charge in [-0.1, -0.05) is 6.07 Å². The summed E-state index contributed by atoms with van der Waals surface area (Å²) in [7, 11) is 1.30. The van der Waals surface area contributed by atoms with Gasteiger partial charge >= 0.3 is 12.3 Å². The summed E-state index contributed by atoms with van der Waals surface area (Å²) in [5, 5.41) is 2.38. The summed E-state index contributed by atoms with van der Waals surface area (Å²) < 4.78 is 48.5. The van der Waals surface area contributed by atoms with E-state index in [0.717, 1.165) is 6.07 Å². The molecule has 1 heterocycles. The Morgan fingerprint density at radius 1 is 1.40 bits per heavy atom. The number of alkyl carbamates (subject to hydrolysis) is 1. The van der Waals surface area contributed by atoms with Crippen molar-refractivity contribution >= 4 is 18.5 Å². The number of ether oxygens (including phenoxy) is 2. The Bertz CT molecular complexity index is 493. The van der Waals surface area contributed by atoms with E-state index in [0.29, 0.717) is 6.42 Å². The summed E-state index contributed by atoms with van der Waals surface area (Å²) in [6.07, 6.45) is -4.92. The molecule has 0 radical (unpaired) electrons. The zero-order chi connectivity index (χ0) is 14.0. The van der Waals surface area contributed by atoms with E-state index >= 15 is 0 Å². The van der Waals surface area contributed by atoms with Gasteiger partial charge in [0.1, 0.15) is 5.75 Å². The van der Waals surface area contributed by atoms with Crippen LogP contribution in [0.3, 0.4) is 0 Å². The van der Waals surface area contributed by atoms with Crippen LogP contribution in [0.5, 0.6) is 5.75 Å². The van der Waals surface area contributed by atoms with Gasteiger partial charge in [-0.3, -0.25) is 0 Å². The van der Waals surface area contributed by atoms with E-state index in [4.69, 9.17) is 4.74 Å². The van der Waals surface area contributed by atoms with Crippen LogP contribution in [0.25, 0.3) is 0 Å². The van der Waals surface area contributed by atoms with Crippen LogP contribution in [0.2, 0.25) is 0 Å². The topological polar surface area (TPSA) is 47.6 Å². The van der Waals surface area contributed by atoms with Crippen molar-refractivity contribution in [2.75, 3.05) is 13.7 Å². The summed E-state index contributed by atoms with van der Waals surface area (Å²) >= 11 is 0. The van der Waals surface area contributed by atoms with Crippen molar-refractivity contribution in [2.24, 2.45) is 0 Å². The second-order valence-electron chi connectivity index (χ2n) is 4.07. The molecule has 1 saturated heterocycles. The lowest BCUT2D eigenvalue weighted by atomic mass is 9.97. The number of alkyl halides is 3. The van der Waals surface area contributed by atoms with Gasteiger partial charge in [0.25, 0.3) is 0 Å². The van der Waals surface area contributed by atoms with Crippen LogP contribution in [-0.4, -0.2) is 19.8 Å². The molecule has 1 N–H and O–H groups in total. The predicted molar refractivity (Wildman–Crippen MR) is 67.1 cm³/mol. The van der Waals surface area contributed by atoms with E-state index in [-0.39, 0.29) is 30.3 Å². The van der Waals surface area contributed by atoms with Gasteiger partial charge in [0, 0.05) is 6.42 Å². The van der Waals surface area contributed by atoms with Crippen molar-refractivity contribution < 1.29 is 27.4 Å². The van der Waals surface area contributed by atoms with Gasteiger partial charge in [-0.2, -0.15) is 13.2 Å². The first-order chi connectivity index (χ1) is 8.91. The van der Waals surface area contributed by atoms with Gasteiger partial charge in [0.15, 0.2) is 0 Å². The third-order valence-electron chi connectivity index (χ3n) is 2.87. The number of nitrogens with one attached hydrogen (secondary N) is 1. The number of hydrogen-bond donors (Lipinski definition) is 1. The molecular weight excluding hydrogens is 299 g/mol. The summed E-state index contributed by atoms with van der Waals surface area (Å²) in [6, 6.07) is 2.98. The lowest BCUT2D eigenvalue weighted by Gasteiger charge is -2.26. The van der Waals surface area contributed by atoms with E-state index in [1.54, 1.807) is 0 Å². The highest BCUT2D eigenvalue weighted by atomic mass is 35.5. The van der Waals surface area contributed by atoms with Crippen LogP contribution >= 0.6 is 12.4 Å². The molecule has 4 nitrogen and oxygen atoms in total. The minimum Gasteiger partial charge on any atom is -0.497 e. The van der Waals surface area contributed by atoms with Crippen LogP contribution < -0.4 is 10.1 Å². The number of carbonyl (C=O) groups is 1. The molecule has 0 aliphatic carbocycles. The molecular formula is C12H13ClF3NO3. The monoisotopic (exact) mass is 311 g/mol. The second-order valence-corrected chi connectivity index (χ2v) is 4.07. The van der Waals surface area contributed by atoms with Crippen LogP contribution in [0.4, 0.5) is 18.0 Å². The summed E-state index contributed by atoms with van der Waals surface area (Å²) in [5.41, 5.74) is -0.788. The van der Waals surface area contributed by atoms with Crippen LogP contribution in [0.15, 0.2) is 18.2 Å². The second kappa shape index (κ2) is 6.21. The fourth-order valence-electron chi connectivity index (χ4n) is 1.97. The highest BCUT2D eigenvalue weighted by molar-refractivity contribution is 5.85. The Morgan fingerprint density at radius 3 is 2.65 bits per heavy atom. The van der Waals surface area contributed by atoms with Crippen molar-refractivity contribution in [2.45, 2.75) is 18.6 Å². The summed E-state index contributed by atoms with van der Waals surface area (Å²) in [4.78, 5) is 11.1. The summed E-state index contributed by atoms with van der Waals surface area (Å²) in [6.45, 7) is 0.0970. The number of carbonyl (C=O) groups excluding carboxylic acids is 1. The van der Waals surface area contributed by atoms with Crippen molar-refractivity contribution in [3.8, 4) is 5.75 Å². The average molecular weight is 312 g/mol. The van der Waals surface area contributed by atoms with Gasteiger partial charge in [-0.15, -0.1) is 12.4 Å². The normalized spacial score (nSPS) is 18.6. The molecule has 1 aromatic carbocycles. The Hall–Kier alpha value is -1.63. The minimum atomic E-state index is -4.51. The lowest BCUT2D eigenvalue weighted by Crippen LogP contribution is -2.36. The van der Waals surface area contributed by atoms with Gasteiger partial charge in [0.2, 0.25) is 0 Å². The van der Waals surface area contributed by atoms with E-state index < -0.39 is 23.9 Å². The van der Waals surface area contributed by atoms with Crippen molar-refractivity contribution in [3.05, 3.63) is 29.3 Å². The van der Waals surface area contributed by atoms with Crippen molar-refractivity contribution in [1.29, 1.82) is 0 Å². The standard InChI is InChI=1S/C12H12F3NO3.ClH/c1-18-7-2-3-8(9(6-7)12(13,14)15)10-4-5-19-11(17)16-10;/h2-3,6,10H,4-5H2,1H3,(H,16,17);1H/t10-;/m0./s1. The maximum Gasteiger partial charge on any atom is 0.416 e. The predicted octanol–water partition coefficient (Wildman–Crippen LogP) is 3.31. The van der Waals surface area contributed by atoms with Gasteiger partial charge in [0.05, 0.1) is 25.3 Å².